The highest BCUT2D eigenvalue weighted by Gasteiger charge is 2.25. The normalized spacial score (nSPS) is 13.1. The molecule has 2 unspecified atom stereocenters. The quantitative estimate of drug-likeness (QED) is 0.0279. The maximum Gasteiger partial charge on any atom is 0.306 e. The summed E-state index contributed by atoms with van der Waals surface area (Å²) in [6.45, 7) is 4.63. The second kappa shape index (κ2) is 33.2. The Balaban J connectivity index is 4.33. The molecule has 2 atom stereocenters. The molecule has 288 valence electrons. The molecule has 0 aromatic rings. The van der Waals surface area contributed by atoms with Gasteiger partial charge in [0.25, 0.3) is 0 Å². The third-order valence-electron chi connectivity index (χ3n) is 9.15. The van der Waals surface area contributed by atoms with Crippen molar-refractivity contribution in [2.24, 2.45) is 0 Å². The molecule has 0 aliphatic rings. The van der Waals surface area contributed by atoms with Crippen LogP contribution in [-0.4, -0.2) is 75.5 Å². The van der Waals surface area contributed by atoms with E-state index in [0.717, 1.165) is 51.4 Å². The van der Waals surface area contributed by atoms with Crippen LogP contribution in [0, 0.1) is 0 Å². The van der Waals surface area contributed by atoms with Gasteiger partial charge in [0.2, 0.25) is 0 Å². The maximum absolute atomic E-state index is 12.6. The first-order valence-electron chi connectivity index (χ1n) is 20.2. The number of allylic oxidation sites excluding steroid dienone is 2. The number of rotatable bonds is 36. The van der Waals surface area contributed by atoms with Crippen LogP contribution in [0.3, 0.4) is 0 Å². The zero-order chi connectivity index (χ0) is 36.4. The molecule has 0 aromatic carbocycles. The van der Waals surface area contributed by atoms with Gasteiger partial charge in [0.05, 0.1) is 40.3 Å². The van der Waals surface area contributed by atoms with Crippen molar-refractivity contribution in [3.8, 4) is 0 Å². The summed E-state index contributed by atoms with van der Waals surface area (Å²) in [6, 6.07) is -0.721. The summed E-state index contributed by atoms with van der Waals surface area (Å²) in [5.41, 5.74) is 0. The number of quaternary nitrogens is 1. The lowest BCUT2D eigenvalue weighted by atomic mass is 10.1. The van der Waals surface area contributed by atoms with Crippen molar-refractivity contribution in [2.75, 3.05) is 41.0 Å². The van der Waals surface area contributed by atoms with Crippen molar-refractivity contribution >= 4 is 17.9 Å². The Morgan fingerprint density at radius 1 is 0.592 bits per heavy atom. The average molecular weight is 696 g/mol. The summed E-state index contributed by atoms with van der Waals surface area (Å²) >= 11 is 0. The van der Waals surface area contributed by atoms with Crippen molar-refractivity contribution in [2.45, 2.75) is 193 Å². The van der Waals surface area contributed by atoms with Crippen LogP contribution in [0.5, 0.6) is 0 Å². The first-order valence-corrected chi connectivity index (χ1v) is 20.2. The first kappa shape index (κ1) is 47.1. The molecular formula is C41H77NO7. The van der Waals surface area contributed by atoms with Crippen LogP contribution in [0.25, 0.3) is 0 Å². The van der Waals surface area contributed by atoms with Gasteiger partial charge in [-0.2, -0.15) is 0 Å². The van der Waals surface area contributed by atoms with E-state index in [1.807, 2.05) is 0 Å². The van der Waals surface area contributed by atoms with Gasteiger partial charge in [0.1, 0.15) is 12.6 Å². The Morgan fingerprint density at radius 3 is 1.47 bits per heavy atom. The van der Waals surface area contributed by atoms with Crippen LogP contribution in [-0.2, 0) is 28.6 Å². The number of esters is 2. The molecule has 0 saturated heterocycles. The largest absolute Gasteiger partial charge is 0.544 e. The average Bonchev–Trinajstić information content (AvgIpc) is 3.05. The highest BCUT2D eigenvalue weighted by atomic mass is 16.6. The topological polar surface area (TPSA) is 102 Å². The van der Waals surface area contributed by atoms with Crippen molar-refractivity contribution < 1.29 is 38.2 Å². The van der Waals surface area contributed by atoms with E-state index in [-0.39, 0.29) is 42.7 Å². The molecule has 0 aliphatic heterocycles. The van der Waals surface area contributed by atoms with Gasteiger partial charge in [-0.3, -0.25) is 9.59 Å². The Labute approximate surface area is 301 Å². The van der Waals surface area contributed by atoms with Gasteiger partial charge in [-0.05, 0) is 38.5 Å². The molecule has 0 N–H and O–H groups in total. The van der Waals surface area contributed by atoms with E-state index in [1.54, 1.807) is 21.1 Å². The fourth-order valence-corrected chi connectivity index (χ4v) is 5.95. The Hall–Kier alpha value is -1.93. The third-order valence-corrected chi connectivity index (χ3v) is 9.15. The Bertz CT molecular complexity index is 823. The van der Waals surface area contributed by atoms with Crippen LogP contribution >= 0.6 is 0 Å². The zero-order valence-corrected chi connectivity index (χ0v) is 32.6. The van der Waals surface area contributed by atoms with E-state index in [1.165, 1.54) is 96.3 Å². The molecule has 8 nitrogen and oxygen atoms in total. The lowest BCUT2D eigenvalue weighted by molar-refractivity contribution is -0.889. The van der Waals surface area contributed by atoms with Crippen molar-refractivity contribution in [3.05, 3.63) is 12.2 Å². The van der Waals surface area contributed by atoms with Gasteiger partial charge in [-0.25, -0.2) is 0 Å². The number of ether oxygens (including phenoxy) is 3. The molecule has 0 bridgehead atoms. The van der Waals surface area contributed by atoms with E-state index in [2.05, 4.69) is 26.0 Å². The predicted octanol–water partition coefficient (Wildman–Crippen LogP) is 9.02. The number of carboxylic acid groups (broad SMARTS) is 1. The van der Waals surface area contributed by atoms with Gasteiger partial charge in [-0.15, -0.1) is 0 Å². The molecular weight excluding hydrogens is 618 g/mol. The van der Waals surface area contributed by atoms with Gasteiger partial charge < -0.3 is 28.6 Å². The summed E-state index contributed by atoms with van der Waals surface area (Å²) in [4.78, 5) is 36.6. The predicted molar refractivity (Wildman–Crippen MR) is 199 cm³/mol. The number of unbranched alkanes of at least 4 members (excludes halogenated alkanes) is 20. The van der Waals surface area contributed by atoms with Crippen LogP contribution < -0.4 is 5.11 Å². The van der Waals surface area contributed by atoms with E-state index in [0.29, 0.717) is 12.8 Å². The van der Waals surface area contributed by atoms with E-state index in [4.69, 9.17) is 14.2 Å². The highest BCUT2D eigenvalue weighted by molar-refractivity contribution is 5.70. The van der Waals surface area contributed by atoms with Crippen LogP contribution in [0.1, 0.15) is 181 Å². The van der Waals surface area contributed by atoms with Gasteiger partial charge in [-0.1, -0.05) is 135 Å². The maximum atomic E-state index is 12.6. The summed E-state index contributed by atoms with van der Waals surface area (Å²) in [7, 11) is 5.40. The molecule has 0 radical (unpaired) electrons. The van der Waals surface area contributed by atoms with E-state index in [9.17, 15) is 19.5 Å². The number of aliphatic carboxylic acids is 1. The fourth-order valence-electron chi connectivity index (χ4n) is 5.95. The standard InChI is InChI=1S/C41H77NO7/c1-6-8-10-12-14-16-17-18-19-20-21-22-24-25-27-29-31-39(43)48-36-37(35-47-34-33-38(41(45)46)42(3,4)5)49-40(44)32-30-28-26-23-15-13-11-9-7-2/h19-20,37-38H,6-18,21-36H2,1-5H3/b20-19+. The summed E-state index contributed by atoms with van der Waals surface area (Å²) in [6.07, 6.45) is 32.3. The summed E-state index contributed by atoms with van der Waals surface area (Å²) in [5.74, 6) is -1.74. The number of hydrogen-bond acceptors (Lipinski definition) is 7. The zero-order valence-electron chi connectivity index (χ0n) is 32.6. The number of likely N-dealkylation sites (N-methyl/N-ethyl adjacent to an activating group) is 1. The lowest BCUT2D eigenvalue weighted by Crippen LogP contribution is -2.55. The molecule has 49 heavy (non-hydrogen) atoms. The second-order valence-electron chi connectivity index (χ2n) is 14.9. The molecule has 0 saturated carbocycles. The first-order chi connectivity index (χ1) is 23.6. The van der Waals surface area contributed by atoms with Crippen molar-refractivity contribution in [3.63, 3.8) is 0 Å². The molecule has 0 fully saturated rings. The van der Waals surface area contributed by atoms with E-state index >= 15 is 0 Å². The highest BCUT2D eigenvalue weighted by Crippen LogP contribution is 2.14. The minimum atomic E-state index is -1.13. The van der Waals surface area contributed by atoms with Gasteiger partial charge >= 0.3 is 11.9 Å². The monoisotopic (exact) mass is 696 g/mol. The fraction of sp³-hybridized carbons (Fsp3) is 0.878. The van der Waals surface area contributed by atoms with Gasteiger partial charge in [0.15, 0.2) is 6.10 Å². The number of nitrogens with zero attached hydrogens (tertiary/aromatic N) is 1. The van der Waals surface area contributed by atoms with Crippen LogP contribution in [0.2, 0.25) is 0 Å². The molecule has 0 amide bonds. The summed E-state index contributed by atoms with van der Waals surface area (Å²) in [5, 5.41) is 11.6. The van der Waals surface area contributed by atoms with Crippen LogP contribution in [0.15, 0.2) is 12.2 Å². The number of carbonyl (C=O) groups excluding carboxylic acids is 3. The molecule has 8 heteroatoms. The Kier molecular flexibility index (Phi) is 31.9. The van der Waals surface area contributed by atoms with Crippen molar-refractivity contribution in [1.29, 1.82) is 0 Å². The molecule has 0 heterocycles. The molecule has 0 aliphatic carbocycles. The molecule has 0 rings (SSSR count). The van der Waals surface area contributed by atoms with Gasteiger partial charge in [0, 0.05) is 19.3 Å². The SMILES string of the molecule is CCCCCCCCC/C=C/CCCCCCCC(=O)OCC(COCCC(C(=O)[O-])[N+](C)(C)C)OC(=O)CCCCCCCCCCC. The Morgan fingerprint density at radius 2 is 1.02 bits per heavy atom. The summed E-state index contributed by atoms with van der Waals surface area (Å²) < 4.78 is 17.1. The van der Waals surface area contributed by atoms with E-state index < -0.39 is 18.1 Å². The molecule has 0 spiro atoms. The number of carboxylic acids is 1. The number of hydrogen-bond donors (Lipinski definition) is 0. The van der Waals surface area contributed by atoms with Crippen LogP contribution in [0.4, 0.5) is 0 Å². The molecule has 0 aromatic heterocycles. The lowest BCUT2D eigenvalue weighted by Gasteiger charge is -2.34. The number of carbonyl (C=O) groups is 3. The van der Waals surface area contributed by atoms with Crippen molar-refractivity contribution in [1.82, 2.24) is 0 Å². The second-order valence-corrected chi connectivity index (χ2v) is 14.9. The minimum Gasteiger partial charge on any atom is -0.544 e. The third kappa shape index (κ3) is 31.8. The minimum absolute atomic E-state index is 0.0428. The smallest absolute Gasteiger partial charge is 0.306 e.